The number of carbonyl (C=O) groups is 1. The molecule has 0 aromatic heterocycles. The van der Waals surface area contributed by atoms with Crippen molar-refractivity contribution in [3.8, 4) is 0 Å². The van der Waals surface area contributed by atoms with E-state index in [1.165, 1.54) is 0 Å². The van der Waals surface area contributed by atoms with Gasteiger partial charge in [-0.3, -0.25) is 0 Å². The molecule has 1 fully saturated rings. The highest BCUT2D eigenvalue weighted by Gasteiger charge is 2.31. The zero-order valence-electron chi connectivity index (χ0n) is 14.3. The minimum absolute atomic E-state index is 0.264. The molecule has 1 aliphatic heterocycles. The zero-order valence-corrected chi connectivity index (χ0v) is 14.3. The summed E-state index contributed by atoms with van der Waals surface area (Å²) in [5.74, 6) is 0. The van der Waals surface area contributed by atoms with Crippen molar-refractivity contribution in [2.75, 3.05) is 19.8 Å². The average molecular weight is 300 g/mol. The zero-order chi connectivity index (χ0) is 15.9. The first-order valence-electron chi connectivity index (χ1n) is 8.12. The first kappa shape index (κ1) is 18.2. The van der Waals surface area contributed by atoms with Gasteiger partial charge in [-0.2, -0.15) is 0 Å². The fourth-order valence-electron chi connectivity index (χ4n) is 2.48. The predicted octanol–water partition coefficient (Wildman–Crippen LogP) is 2.84. The van der Waals surface area contributed by atoms with Gasteiger partial charge in [0.25, 0.3) is 0 Å². The normalized spacial score (nSPS) is 20.1. The van der Waals surface area contributed by atoms with Crippen LogP contribution in [0.25, 0.3) is 0 Å². The fraction of sp³-hybridized carbons (Fsp3) is 0.938. The van der Waals surface area contributed by atoms with Gasteiger partial charge in [0.1, 0.15) is 5.60 Å². The van der Waals surface area contributed by atoms with E-state index in [4.69, 9.17) is 9.47 Å². The molecule has 1 aliphatic rings. The van der Waals surface area contributed by atoms with Crippen LogP contribution in [0.2, 0.25) is 0 Å². The summed E-state index contributed by atoms with van der Waals surface area (Å²) in [6.07, 6.45) is 3.62. The van der Waals surface area contributed by atoms with Crippen molar-refractivity contribution >= 4 is 6.09 Å². The fourth-order valence-corrected chi connectivity index (χ4v) is 2.48. The van der Waals surface area contributed by atoms with Crippen molar-refractivity contribution in [2.24, 2.45) is 0 Å². The molecular formula is C16H32N2O3. The third kappa shape index (κ3) is 6.66. The molecule has 0 aromatic carbocycles. The maximum absolute atomic E-state index is 12.1. The Balaban J connectivity index is 2.53. The van der Waals surface area contributed by atoms with E-state index in [2.05, 4.69) is 24.5 Å². The summed E-state index contributed by atoms with van der Waals surface area (Å²) < 4.78 is 10.9. The molecule has 0 aromatic rings. The first-order valence-corrected chi connectivity index (χ1v) is 8.12. The minimum Gasteiger partial charge on any atom is -0.444 e. The van der Waals surface area contributed by atoms with Crippen LogP contribution >= 0.6 is 0 Å². The van der Waals surface area contributed by atoms with Crippen molar-refractivity contribution in [2.45, 2.75) is 77.5 Å². The highest BCUT2D eigenvalue weighted by Crippen LogP contribution is 2.17. The summed E-state index contributed by atoms with van der Waals surface area (Å²) in [7, 11) is 0. The number of nitrogens with one attached hydrogen (secondary N) is 2. The lowest BCUT2D eigenvalue weighted by Gasteiger charge is -2.36. The van der Waals surface area contributed by atoms with Gasteiger partial charge in [-0.15, -0.1) is 0 Å². The molecule has 0 radical (unpaired) electrons. The molecule has 1 amide bonds. The number of ether oxygens (including phenoxy) is 2. The SMILES string of the molecule is CCC(CC)(CNC1CCCOC1)NC(=O)OC(C)(C)C. The van der Waals surface area contributed by atoms with Gasteiger partial charge in [0.15, 0.2) is 0 Å². The molecule has 1 heterocycles. The van der Waals surface area contributed by atoms with E-state index in [9.17, 15) is 4.79 Å². The molecule has 2 N–H and O–H groups in total. The lowest BCUT2D eigenvalue weighted by Crippen LogP contribution is -2.57. The van der Waals surface area contributed by atoms with Gasteiger partial charge < -0.3 is 20.1 Å². The van der Waals surface area contributed by atoms with Gasteiger partial charge in [-0.05, 0) is 46.5 Å². The van der Waals surface area contributed by atoms with Crippen LogP contribution in [0.4, 0.5) is 4.79 Å². The molecule has 5 heteroatoms. The van der Waals surface area contributed by atoms with E-state index in [1.54, 1.807) is 0 Å². The lowest BCUT2D eigenvalue weighted by molar-refractivity contribution is 0.0423. The second-order valence-corrected chi connectivity index (χ2v) is 6.91. The smallest absolute Gasteiger partial charge is 0.408 e. The molecule has 1 atom stereocenters. The molecule has 0 bridgehead atoms. The molecule has 1 unspecified atom stereocenters. The predicted molar refractivity (Wildman–Crippen MR) is 84.5 cm³/mol. The van der Waals surface area contributed by atoms with Crippen LogP contribution in [0.5, 0.6) is 0 Å². The summed E-state index contributed by atoms with van der Waals surface area (Å²) >= 11 is 0. The van der Waals surface area contributed by atoms with E-state index in [0.717, 1.165) is 45.4 Å². The molecule has 0 spiro atoms. The molecule has 5 nitrogen and oxygen atoms in total. The standard InChI is InChI=1S/C16H32N2O3/c1-6-16(7-2,18-14(19)21-15(3,4)5)12-17-13-9-8-10-20-11-13/h13,17H,6-12H2,1-5H3,(H,18,19). The van der Waals surface area contributed by atoms with E-state index in [1.807, 2.05) is 20.8 Å². The quantitative estimate of drug-likeness (QED) is 0.792. The second kappa shape index (κ2) is 7.99. The van der Waals surface area contributed by atoms with E-state index in [-0.39, 0.29) is 11.6 Å². The van der Waals surface area contributed by atoms with Gasteiger partial charge in [0.2, 0.25) is 0 Å². The molecule has 1 saturated heterocycles. The number of carbonyl (C=O) groups excluding carboxylic acids is 1. The Labute approximate surface area is 129 Å². The Bertz CT molecular complexity index is 316. The molecule has 124 valence electrons. The molecule has 21 heavy (non-hydrogen) atoms. The Hall–Kier alpha value is -0.810. The van der Waals surface area contributed by atoms with Gasteiger partial charge in [-0.25, -0.2) is 4.79 Å². The Morgan fingerprint density at radius 2 is 1.95 bits per heavy atom. The van der Waals surface area contributed by atoms with Crippen LogP contribution in [0.15, 0.2) is 0 Å². The van der Waals surface area contributed by atoms with E-state index >= 15 is 0 Å². The summed E-state index contributed by atoms with van der Waals surface area (Å²) in [5, 5.41) is 6.60. The van der Waals surface area contributed by atoms with Gasteiger partial charge >= 0.3 is 6.09 Å². The highest BCUT2D eigenvalue weighted by atomic mass is 16.6. The number of alkyl carbamates (subject to hydrolysis) is 1. The first-order chi connectivity index (χ1) is 9.80. The second-order valence-electron chi connectivity index (χ2n) is 6.91. The Kier molecular flexibility index (Phi) is 6.94. The van der Waals surface area contributed by atoms with Gasteiger partial charge in [-0.1, -0.05) is 13.8 Å². The van der Waals surface area contributed by atoms with E-state index < -0.39 is 5.60 Å². The number of hydrogen-bond acceptors (Lipinski definition) is 4. The third-order valence-electron chi connectivity index (χ3n) is 4.01. The van der Waals surface area contributed by atoms with Crippen molar-refractivity contribution in [3.05, 3.63) is 0 Å². The lowest BCUT2D eigenvalue weighted by atomic mass is 9.92. The third-order valence-corrected chi connectivity index (χ3v) is 4.01. The number of amides is 1. The Morgan fingerprint density at radius 1 is 1.29 bits per heavy atom. The molecule has 0 saturated carbocycles. The van der Waals surface area contributed by atoms with Crippen molar-refractivity contribution in [1.82, 2.24) is 10.6 Å². The van der Waals surface area contributed by atoms with Crippen molar-refractivity contribution < 1.29 is 14.3 Å². The monoisotopic (exact) mass is 300 g/mol. The van der Waals surface area contributed by atoms with Gasteiger partial charge in [0.05, 0.1) is 12.1 Å². The maximum atomic E-state index is 12.1. The summed E-state index contributed by atoms with van der Waals surface area (Å²) in [4.78, 5) is 12.1. The average Bonchev–Trinajstić information content (AvgIpc) is 2.43. The van der Waals surface area contributed by atoms with Crippen LogP contribution < -0.4 is 10.6 Å². The van der Waals surface area contributed by atoms with Gasteiger partial charge in [0, 0.05) is 19.2 Å². The van der Waals surface area contributed by atoms with Crippen LogP contribution in [0, 0.1) is 0 Å². The molecular weight excluding hydrogens is 268 g/mol. The minimum atomic E-state index is -0.470. The molecule has 1 rings (SSSR count). The highest BCUT2D eigenvalue weighted by molar-refractivity contribution is 5.68. The topological polar surface area (TPSA) is 59.6 Å². The summed E-state index contributed by atoms with van der Waals surface area (Å²) in [6, 6.07) is 0.386. The van der Waals surface area contributed by atoms with Crippen molar-refractivity contribution in [1.29, 1.82) is 0 Å². The largest absolute Gasteiger partial charge is 0.444 e. The number of rotatable bonds is 6. The molecule has 0 aliphatic carbocycles. The summed E-state index contributed by atoms with van der Waals surface area (Å²) in [5.41, 5.74) is -0.734. The maximum Gasteiger partial charge on any atom is 0.408 e. The Morgan fingerprint density at radius 3 is 2.43 bits per heavy atom. The van der Waals surface area contributed by atoms with Crippen LogP contribution in [-0.2, 0) is 9.47 Å². The summed E-state index contributed by atoms with van der Waals surface area (Å²) in [6.45, 7) is 12.2. The van der Waals surface area contributed by atoms with Crippen LogP contribution in [0.3, 0.4) is 0 Å². The van der Waals surface area contributed by atoms with Crippen LogP contribution in [-0.4, -0.2) is 43.0 Å². The van der Waals surface area contributed by atoms with Crippen LogP contribution in [0.1, 0.15) is 60.3 Å². The van der Waals surface area contributed by atoms with E-state index in [0.29, 0.717) is 6.04 Å². The van der Waals surface area contributed by atoms with Crippen molar-refractivity contribution in [3.63, 3.8) is 0 Å². The number of hydrogen-bond donors (Lipinski definition) is 2.